The van der Waals surface area contributed by atoms with E-state index in [1.54, 1.807) is 6.20 Å². The van der Waals surface area contributed by atoms with Gasteiger partial charge in [0, 0.05) is 58.2 Å². The summed E-state index contributed by atoms with van der Waals surface area (Å²) in [6, 6.07) is 12.8. The highest BCUT2D eigenvalue weighted by Crippen LogP contribution is 2.14. The minimum Gasteiger partial charge on any atom is -0.367 e. The molecule has 1 N–H and O–H groups in total. The van der Waals surface area contributed by atoms with Crippen molar-refractivity contribution in [2.75, 3.05) is 44.6 Å². The summed E-state index contributed by atoms with van der Waals surface area (Å²) in [6.07, 6.45) is 3.68. The molecule has 0 amide bonds. The quantitative estimate of drug-likeness (QED) is 0.739. The average Bonchev–Trinajstić information content (AvgIpc) is 3.05. The van der Waals surface area contributed by atoms with Crippen LogP contribution in [0.25, 0.3) is 5.52 Å². The van der Waals surface area contributed by atoms with Crippen LogP contribution in [-0.4, -0.2) is 63.7 Å². The molecule has 0 aliphatic carbocycles. The summed E-state index contributed by atoms with van der Waals surface area (Å²) < 4.78 is 1.88. The Balaban J connectivity index is 1.23. The molecular weight excluding hydrogens is 324 g/mol. The number of rotatable bonds is 6. The molecule has 136 valence electrons. The predicted octanol–water partition coefficient (Wildman–Crippen LogP) is 2.27. The molecule has 3 aromatic rings. The number of fused-ring (bicyclic) bond motifs is 1. The van der Waals surface area contributed by atoms with Crippen LogP contribution >= 0.6 is 0 Å². The lowest BCUT2D eigenvalue weighted by Gasteiger charge is -2.34. The number of hydrogen-bond acceptors (Lipinski definition) is 5. The lowest BCUT2D eigenvalue weighted by atomic mass is 10.2. The molecule has 6 heteroatoms. The van der Waals surface area contributed by atoms with Gasteiger partial charge in [-0.1, -0.05) is 30.3 Å². The van der Waals surface area contributed by atoms with Crippen LogP contribution in [0.2, 0.25) is 0 Å². The Bertz CT molecular complexity index is 836. The first-order chi connectivity index (χ1) is 12.8. The van der Waals surface area contributed by atoms with Crippen molar-refractivity contribution >= 4 is 11.3 Å². The van der Waals surface area contributed by atoms with Gasteiger partial charge in [-0.05, 0) is 18.6 Å². The van der Waals surface area contributed by atoms with E-state index in [9.17, 15) is 0 Å². The topological polar surface area (TPSA) is 48.7 Å². The highest BCUT2D eigenvalue weighted by molar-refractivity contribution is 5.67. The number of benzene rings is 1. The summed E-state index contributed by atoms with van der Waals surface area (Å²) in [4.78, 5) is 9.53. The Morgan fingerprint density at radius 1 is 1.04 bits per heavy atom. The van der Waals surface area contributed by atoms with Gasteiger partial charge in [-0.2, -0.15) is 5.10 Å². The molecule has 0 atom stereocenters. The molecule has 2 aromatic heterocycles. The van der Waals surface area contributed by atoms with Crippen molar-refractivity contribution in [3.8, 4) is 0 Å². The minimum atomic E-state index is 0.898. The van der Waals surface area contributed by atoms with Crippen molar-refractivity contribution in [1.29, 1.82) is 0 Å². The van der Waals surface area contributed by atoms with Gasteiger partial charge in [0.25, 0.3) is 0 Å². The summed E-state index contributed by atoms with van der Waals surface area (Å²) in [7, 11) is 0. The van der Waals surface area contributed by atoms with E-state index in [0.717, 1.165) is 62.8 Å². The third kappa shape index (κ3) is 4.03. The smallest absolute Gasteiger partial charge is 0.152 e. The van der Waals surface area contributed by atoms with Gasteiger partial charge in [-0.15, -0.1) is 0 Å². The second kappa shape index (κ2) is 7.85. The number of aromatic nitrogens is 3. The van der Waals surface area contributed by atoms with Crippen molar-refractivity contribution < 1.29 is 0 Å². The molecule has 1 fully saturated rings. The Kier molecular flexibility index (Phi) is 5.13. The summed E-state index contributed by atoms with van der Waals surface area (Å²) in [6.45, 7) is 9.50. The van der Waals surface area contributed by atoms with Gasteiger partial charge < -0.3 is 5.32 Å². The molecule has 26 heavy (non-hydrogen) atoms. The number of hydrogen-bond donors (Lipinski definition) is 1. The fourth-order valence-electron chi connectivity index (χ4n) is 3.53. The summed E-state index contributed by atoms with van der Waals surface area (Å²) in [5.74, 6) is 0.913. The lowest BCUT2D eigenvalue weighted by molar-refractivity contribution is 0.130. The Hall–Kier alpha value is -2.44. The zero-order valence-electron chi connectivity index (χ0n) is 15.3. The fourth-order valence-corrected chi connectivity index (χ4v) is 3.53. The van der Waals surface area contributed by atoms with Crippen molar-refractivity contribution in [2.24, 2.45) is 0 Å². The zero-order valence-corrected chi connectivity index (χ0v) is 15.3. The van der Waals surface area contributed by atoms with Gasteiger partial charge in [0.15, 0.2) is 5.82 Å². The normalized spacial score (nSPS) is 16.2. The Morgan fingerprint density at radius 3 is 2.62 bits per heavy atom. The van der Waals surface area contributed by atoms with Gasteiger partial charge in [-0.3, -0.25) is 9.80 Å². The van der Waals surface area contributed by atoms with Gasteiger partial charge in [0.1, 0.15) is 5.52 Å². The molecule has 0 radical (unpaired) electrons. The van der Waals surface area contributed by atoms with Gasteiger partial charge in [-0.25, -0.2) is 9.50 Å². The van der Waals surface area contributed by atoms with Crippen molar-refractivity contribution in [1.82, 2.24) is 24.4 Å². The van der Waals surface area contributed by atoms with Crippen LogP contribution in [0.15, 0.2) is 48.8 Å². The fraction of sp³-hybridized carbons (Fsp3) is 0.400. The van der Waals surface area contributed by atoms with Gasteiger partial charge >= 0.3 is 0 Å². The number of anilines is 1. The number of nitrogens with zero attached hydrogens (tertiary/aromatic N) is 5. The third-order valence-corrected chi connectivity index (χ3v) is 4.95. The summed E-state index contributed by atoms with van der Waals surface area (Å²) >= 11 is 0. The molecule has 1 aliphatic heterocycles. The number of piperazine rings is 1. The first-order valence-corrected chi connectivity index (χ1v) is 9.31. The van der Waals surface area contributed by atoms with Crippen LogP contribution in [0.4, 0.5) is 5.82 Å². The first-order valence-electron chi connectivity index (χ1n) is 9.31. The average molecular weight is 350 g/mol. The molecule has 1 aliphatic rings. The highest BCUT2D eigenvalue weighted by atomic mass is 15.3. The van der Waals surface area contributed by atoms with Crippen molar-refractivity contribution in [2.45, 2.75) is 13.5 Å². The van der Waals surface area contributed by atoms with Crippen LogP contribution in [0, 0.1) is 6.92 Å². The lowest BCUT2D eigenvalue weighted by Crippen LogP contribution is -2.47. The molecule has 1 aromatic carbocycles. The number of aryl methyl sites for hydroxylation is 1. The van der Waals surface area contributed by atoms with Crippen LogP contribution in [0.1, 0.15) is 11.3 Å². The molecule has 6 nitrogen and oxygen atoms in total. The van der Waals surface area contributed by atoms with Gasteiger partial charge in [0.05, 0.1) is 5.69 Å². The summed E-state index contributed by atoms with van der Waals surface area (Å²) in [5.41, 5.74) is 3.45. The van der Waals surface area contributed by atoms with Crippen LogP contribution < -0.4 is 5.32 Å². The monoisotopic (exact) mass is 350 g/mol. The van der Waals surface area contributed by atoms with E-state index >= 15 is 0 Å². The molecule has 0 bridgehead atoms. The first kappa shape index (κ1) is 17.0. The molecular formula is C20H26N6. The number of nitrogens with one attached hydrogen (secondary N) is 1. The standard InChI is InChI=1S/C20H26N6/c1-17-15-19-20(22-8-10-26(19)23-17)21-7-9-24-11-13-25(14-12-24)16-18-5-3-2-4-6-18/h2-6,8,10,15H,7,9,11-14,16H2,1H3,(H,21,22). The maximum atomic E-state index is 4.46. The molecule has 0 saturated carbocycles. The molecule has 0 spiro atoms. The summed E-state index contributed by atoms with van der Waals surface area (Å²) in [5, 5.41) is 7.91. The van der Waals surface area contributed by atoms with E-state index in [-0.39, 0.29) is 0 Å². The second-order valence-electron chi connectivity index (χ2n) is 6.92. The highest BCUT2D eigenvalue weighted by Gasteiger charge is 2.16. The van der Waals surface area contributed by atoms with Gasteiger partial charge in [0.2, 0.25) is 0 Å². The molecule has 3 heterocycles. The SMILES string of the molecule is Cc1cc2c(NCCN3CCN(Cc4ccccc4)CC3)nccn2n1. The van der Waals surface area contributed by atoms with E-state index in [4.69, 9.17) is 0 Å². The van der Waals surface area contributed by atoms with E-state index < -0.39 is 0 Å². The maximum absolute atomic E-state index is 4.46. The van der Waals surface area contributed by atoms with Crippen LogP contribution in [0.3, 0.4) is 0 Å². The zero-order chi connectivity index (χ0) is 17.8. The molecule has 4 rings (SSSR count). The minimum absolute atomic E-state index is 0.898. The van der Waals surface area contributed by atoms with E-state index in [1.165, 1.54) is 5.56 Å². The third-order valence-electron chi connectivity index (χ3n) is 4.95. The van der Waals surface area contributed by atoms with Crippen molar-refractivity contribution in [3.63, 3.8) is 0 Å². The maximum Gasteiger partial charge on any atom is 0.152 e. The van der Waals surface area contributed by atoms with E-state index in [2.05, 4.69) is 61.6 Å². The second-order valence-corrected chi connectivity index (χ2v) is 6.92. The van der Waals surface area contributed by atoms with Crippen LogP contribution in [-0.2, 0) is 6.54 Å². The van der Waals surface area contributed by atoms with Crippen LogP contribution in [0.5, 0.6) is 0 Å². The molecule has 1 saturated heterocycles. The van der Waals surface area contributed by atoms with E-state index in [0.29, 0.717) is 0 Å². The van der Waals surface area contributed by atoms with E-state index in [1.807, 2.05) is 17.6 Å². The molecule has 0 unspecified atom stereocenters. The predicted molar refractivity (Wildman–Crippen MR) is 104 cm³/mol. The van der Waals surface area contributed by atoms with Crippen molar-refractivity contribution in [3.05, 3.63) is 60.0 Å². The Labute approximate surface area is 154 Å². The largest absolute Gasteiger partial charge is 0.367 e. The Morgan fingerprint density at radius 2 is 1.81 bits per heavy atom.